The molecule has 0 aromatic rings. The van der Waals surface area contributed by atoms with Crippen LogP contribution in [0.1, 0.15) is 65.2 Å². The molecule has 1 aliphatic rings. The summed E-state index contributed by atoms with van der Waals surface area (Å²) in [6, 6.07) is 0.648. The summed E-state index contributed by atoms with van der Waals surface area (Å²) in [6.45, 7) is 8.19. The Kier molecular flexibility index (Phi) is 10.4. The zero-order valence-electron chi connectivity index (χ0n) is 13.0. The molecule has 1 N–H and O–H groups in total. The van der Waals surface area contributed by atoms with E-state index in [1.807, 2.05) is 0 Å². The Morgan fingerprint density at radius 3 is 2.89 bits per heavy atom. The van der Waals surface area contributed by atoms with Crippen LogP contribution >= 0.6 is 0 Å². The van der Waals surface area contributed by atoms with Gasteiger partial charge in [0.05, 0.1) is 12.7 Å². The summed E-state index contributed by atoms with van der Waals surface area (Å²) in [4.78, 5) is 0. The van der Waals surface area contributed by atoms with Crippen molar-refractivity contribution in [3.63, 3.8) is 0 Å². The van der Waals surface area contributed by atoms with E-state index in [2.05, 4.69) is 19.2 Å². The van der Waals surface area contributed by atoms with Gasteiger partial charge in [-0.25, -0.2) is 0 Å². The van der Waals surface area contributed by atoms with E-state index in [1.54, 1.807) is 0 Å². The SMILES string of the molecule is CCCCCCC(C)NCCCOCC1CCCO1. The monoisotopic (exact) mass is 271 g/mol. The molecule has 2 atom stereocenters. The largest absolute Gasteiger partial charge is 0.379 e. The van der Waals surface area contributed by atoms with Gasteiger partial charge in [-0.15, -0.1) is 0 Å². The molecule has 1 rings (SSSR count). The summed E-state index contributed by atoms with van der Waals surface area (Å²) in [5, 5.41) is 3.58. The van der Waals surface area contributed by atoms with Gasteiger partial charge in [-0.05, 0) is 39.2 Å². The fourth-order valence-corrected chi connectivity index (χ4v) is 2.49. The first-order chi connectivity index (χ1) is 9.33. The predicted octanol–water partition coefficient (Wildman–Crippen LogP) is 3.52. The van der Waals surface area contributed by atoms with E-state index in [-0.39, 0.29) is 0 Å². The van der Waals surface area contributed by atoms with Crippen LogP contribution in [0.15, 0.2) is 0 Å². The summed E-state index contributed by atoms with van der Waals surface area (Å²) in [5.41, 5.74) is 0. The van der Waals surface area contributed by atoms with E-state index < -0.39 is 0 Å². The zero-order valence-corrected chi connectivity index (χ0v) is 13.0. The second kappa shape index (κ2) is 11.7. The number of hydrogen-bond acceptors (Lipinski definition) is 3. The van der Waals surface area contributed by atoms with E-state index in [0.717, 1.165) is 32.8 Å². The summed E-state index contributed by atoms with van der Waals surface area (Å²) in [5.74, 6) is 0. The number of rotatable bonds is 12. The molecule has 0 aliphatic carbocycles. The van der Waals surface area contributed by atoms with Gasteiger partial charge in [-0.1, -0.05) is 32.6 Å². The quantitative estimate of drug-likeness (QED) is 0.551. The van der Waals surface area contributed by atoms with Crippen LogP contribution in [-0.4, -0.2) is 38.5 Å². The minimum atomic E-state index is 0.366. The first-order valence-electron chi connectivity index (χ1n) is 8.25. The standard InChI is InChI=1S/C16H33NO2/c1-3-4-5-6-9-15(2)17-11-8-12-18-14-16-10-7-13-19-16/h15-17H,3-14H2,1-2H3. The lowest BCUT2D eigenvalue weighted by Crippen LogP contribution is -2.27. The Morgan fingerprint density at radius 2 is 2.16 bits per heavy atom. The van der Waals surface area contributed by atoms with Crippen LogP contribution in [-0.2, 0) is 9.47 Å². The number of unbranched alkanes of at least 4 members (excludes halogenated alkanes) is 3. The second-order valence-corrected chi connectivity index (χ2v) is 5.77. The van der Waals surface area contributed by atoms with Crippen molar-refractivity contribution >= 4 is 0 Å². The molecule has 0 bridgehead atoms. The van der Waals surface area contributed by atoms with Gasteiger partial charge in [0.15, 0.2) is 0 Å². The molecule has 1 heterocycles. The van der Waals surface area contributed by atoms with Crippen LogP contribution in [0, 0.1) is 0 Å². The topological polar surface area (TPSA) is 30.5 Å². The molecule has 2 unspecified atom stereocenters. The average Bonchev–Trinajstić information content (AvgIpc) is 2.92. The molecule has 3 heteroatoms. The lowest BCUT2D eigenvalue weighted by atomic mass is 10.1. The molecular weight excluding hydrogens is 238 g/mol. The number of hydrogen-bond donors (Lipinski definition) is 1. The van der Waals surface area contributed by atoms with E-state index in [9.17, 15) is 0 Å². The molecule has 0 amide bonds. The van der Waals surface area contributed by atoms with E-state index in [4.69, 9.17) is 9.47 Å². The van der Waals surface area contributed by atoms with Gasteiger partial charge in [0.25, 0.3) is 0 Å². The van der Waals surface area contributed by atoms with Gasteiger partial charge in [0, 0.05) is 19.3 Å². The van der Waals surface area contributed by atoms with Crippen molar-refractivity contribution in [3.8, 4) is 0 Å². The predicted molar refractivity (Wildman–Crippen MR) is 80.6 cm³/mol. The van der Waals surface area contributed by atoms with Crippen molar-refractivity contribution in [2.45, 2.75) is 77.4 Å². The van der Waals surface area contributed by atoms with Crippen LogP contribution in [0.3, 0.4) is 0 Å². The molecule has 1 fully saturated rings. The molecule has 19 heavy (non-hydrogen) atoms. The van der Waals surface area contributed by atoms with Crippen molar-refractivity contribution < 1.29 is 9.47 Å². The highest BCUT2D eigenvalue weighted by molar-refractivity contribution is 4.64. The van der Waals surface area contributed by atoms with Crippen LogP contribution in [0.2, 0.25) is 0 Å². The first-order valence-corrected chi connectivity index (χ1v) is 8.25. The molecule has 114 valence electrons. The maximum absolute atomic E-state index is 5.65. The van der Waals surface area contributed by atoms with Crippen LogP contribution < -0.4 is 5.32 Å². The third kappa shape index (κ3) is 9.42. The Balaban J connectivity index is 1.79. The first kappa shape index (κ1) is 16.9. The molecule has 3 nitrogen and oxygen atoms in total. The fourth-order valence-electron chi connectivity index (χ4n) is 2.49. The molecule has 1 aliphatic heterocycles. The summed E-state index contributed by atoms with van der Waals surface area (Å²) < 4.78 is 11.2. The Morgan fingerprint density at radius 1 is 1.26 bits per heavy atom. The van der Waals surface area contributed by atoms with Gasteiger partial charge in [0.2, 0.25) is 0 Å². The van der Waals surface area contributed by atoms with E-state index in [1.165, 1.54) is 44.9 Å². The average molecular weight is 271 g/mol. The van der Waals surface area contributed by atoms with Gasteiger partial charge >= 0.3 is 0 Å². The Bertz CT molecular complexity index is 193. The maximum atomic E-state index is 5.65. The minimum Gasteiger partial charge on any atom is -0.379 e. The summed E-state index contributed by atoms with van der Waals surface area (Å²) in [6.07, 6.45) is 10.6. The van der Waals surface area contributed by atoms with E-state index in [0.29, 0.717) is 12.1 Å². The summed E-state index contributed by atoms with van der Waals surface area (Å²) in [7, 11) is 0. The zero-order chi connectivity index (χ0) is 13.8. The molecular formula is C16H33NO2. The van der Waals surface area contributed by atoms with Crippen molar-refractivity contribution in [1.29, 1.82) is 0 Å². The normalized spacial score (nSPS) is 20.8. The third-order valence-corrected chi connectivity index (χ3v) is 3.78. The number of nitrogens with one attached hydrogen (secondary N) is 1. The molecule has 1 saturated heterocycles. The van der Waals surface area contributed by atoms with Crippen LogP contribution in [0.4, 0.5) is 0 Å². The molecule has 0 radical (unpaired) electrons. The highest BCUT2D eigenvalue weighted by Crippen LogP contribution is 2.11. The van der Waals surface area contributed by atoms with Gasteiger partial charge in [-0.2, -0.15) is 0 Å². The number of ether oxygens (including phenoxy) is 2. The van der Waals surface area contributed by atoms with E-state index >= 15 is 0 Å². The minimum absolute atomic E-state index is 0.366. The highest BCUT2D eigenvalue weighted by atomic mass is 16.5. The van der Waals surface area contributed by atoms with Crippen molar-refractivity contribution in [1.82, 2.24) is 5.32 Å². The fraction of sp³-hybridized carbons (Fsp3) is 1.00. The second-order valence-electron chi connectivity index (χ2n) is 5.77. The molecule has 0 aromatic carbocycles. The van der Waals surface area contributed by atoms with Gasteiger partial charge in [0.1, 0.15) is 0 Å². The summed E-state index contributed by atoms with van der Waals surface area (Å²) >= 11 is 0. The lowest BCUT2D eigenvalue weighted by molar-refractivity contribution is 0.0165. The van der Waals surface area contributed by atoms with Gasteiger partial charge < -0.3 is 14.8 Å². The van der Waals surface area contributed by atoms with Crippen molar-refractivity contribution in [2.75, 3.05) is 26.4 Å². The lowest BCUT2D eigenvalue weighted by Gasteiger charge is -2.14. The third-order valence-electron chi connectivity index (χ3n) is 3.78. The molecule has 0 aromatic heterocycles. The highest BCUT2D eigenvalue weighted by Gasteiger charge is 2.14. The van der Waals surface area contributed by atoms with Crippen molar-refractivity contribution in [3.05, 3.63) is 0 Å². The molecule has 0 saturated carbocycles. The van der Waals surface area contributed by atoms with Crippen molar-refractivity contribution in [2.24, 2.45) is 0 Å². The van der Waals surface area contributed by atoms with Crippen LogP contribution in [0.25, 0.3) is 0 Å². The van der Waals surface area contributed by atoms with Crippen LogP contribution in [0.5, 0.6) is 0 Å². The Labute approximate surface area is 119 Å². The molecule has 0 spiro atoms. The Hall–Kier alpha value is -0.120. The smallest absolute Gasteiger partial charge is 0.0809 e. The maximum Gasteiger partial charge on any atom is 0.0809 e. The van der Waals surface area contributed by atoms with Gasteiger partial charge in [-0.3, -0.25) is 0 Å².